The zero-order valence-corrected chi connectivity index (χ0v) is 19.3. The SMILES string of the molecule is COC(=O)c1cc(Cl)ccc1Nc1ccc2c(ccn2CC2=CCC(S(C)(=O)=O)C=C2)c1. The Morgan fingerprint density at radius 2 is 2.03 bits per heavy atom. The minimum absolute atomic E-state index is 0.362. The van der Waals surface area contributed by atoms with Gasteiger partial charge in [-0.3, -0.25) is 0 Å². The summed E-state index contributed by atoms with van der Waals surface area (Å²) in [6.45, 7) is 0.660. The third-order valence-corrected chi connectivity index (χ3v) is 7.16. The van der Waals surface area contributed by atoms with Crippen LogP contribution in [0, 0.1) is 0 Å². The smallest absolute Gasteiger partial charge is 0.340 e. The highest BCUT2D eigenvalue weighted by Crippen LogP contribution is 2.28. The van der Waals surface area contributed by atoms with E-state index in [1.54, 1.807) is 24.3 Å². The first-order valence-corrected chi connectivity index (χ1v) is 12.4. The topological polar surface area (TPSA) is 77.4 Å². The third kappa shape index (κ3) is 4.74. The number of allylic oxidation sites excluding steroid dienone is 3. The summed E-state index contributed by atoms with van der Waals surface area (Å²) in [6.07, 6.45) is 9.43. The molecule has 0 saturated carbocycles. The van der Waals surface area contributed by atoms with Crippen LogP contribution in [0.2, 0.25) is 5.02 Å². The number of aromatic nitrogens is 1. The molecular formula is C24H23ClN2O4S. The number of methoxy groups -OCH3 is 1. The number of hydrogen-bond donors (Lipinski definition) is 1. The Labute approximate surface area is 192 Å². The van der Waals surface area contributed by atoms with Crippen molar-refractivity contribution in [1.29, 1.82) is 0 Å². The third-order valence-electron chi connectivity index (χ3n) is 5.48. The maximum Gasteiger partial charge on any atom is 0.340 e. The van der Waals surface area contributed by atoms with Crippen LogP contribution in [0.25, 0.3) is 10.9 Å². The molecule has 0 saturated heterocycles. The lowest BCUT2D eigenvalue weighted by Gasteiger charge is -2.15. The Balaban J connectivity index is 1.54. The maximum absolute atomic E-state index is 12.1. The van der Waals surface area contributed by atoms with E-state index >= 15 is 0 Å². The fourth-order valence-corrected chi connectivity index (χ4v) is 4.73. The normalized spacial score (nSPS) is 16.1. The van der Waals surface area contributed by atoms with Gasteiger partial charge in [0, 0.05) is 40.6 Å². The van der Waals surface area contributed by atoms with Gasteiger partial charge in [0.2, 0.25) is 0 Å². The highest BCUT2D eigenvalue weighted by molar-refractivity contribution is 7.91. The number of halogens is 1. The molecule has 1 heterocycles. The Morgan fingerprint density at radius 3 is 2.72 bits per heavy atom. The number of fused-ring (bicyclic) bond motifs is 1. The van der Waals surface area contributed by atoms with E-state index in [0.717, 1.165) is 22.2 Å². The van der Waals surface area contributed by atoms with Crippen LogP contribution in [-0.4, -0.2) is 37.6 Å². The Morgan fingerprint density at radius 1 is 1.22 bits per heavy atom. The number of ether oxygens (including phenoxy) is 1. The summed E-state index contributed by atoms with van der Waals surface area (Å²) in [5.74, 6) is -0.464. The second-order valence-corrected chi connectivity index (χ2v) is 10.5. The number of nitrogens with zero attached hydrogens (tertiary/aromatic N) is 1. The van der Waals surface area contributed by atoms with Gasteiger partial charge >= 0.3 is 5.97 Å². The summed E-state index contributed by atoms with van der Waals surface area (Å²) >= 11 is 6.03. The number of hydrogen-bond acceptors (Lipinski definition) is 5. The van der Waals surface area contributed by atoms with E-state index in [-0.39, 0.29) is 0 Å². The van der Waals surface area contributed by atoms with Gasteiger partial charge < -0.3 is 14.6 Å². The number of rotatable bonds is 6. The number of benzene rings is 2. The summed E-state index contributed by atoms with van der Waals surface area (Å²) in [4.78, 5) is 12.1. The van der Waals surface area contributed by atoms with E-state index in [9.17, 15) is 13.2 Å². The van der Waals surface area contributed by atoms with Crippen molar-refractivity contribution in [3.63, 3.8) is 0 Å². The molecule has 1 atom stereocenters. The van der Waals surface area contributed by atoms with Crippen molar-refractivity contribution in [1.82, 2.24) is 4.57 Å². The van der Waals surface area contributed by atoms with E-state index in [0.29, 0.717) is 29.2 Å². The van der Waals surface area contributed by atoms with Crippen molar-refractivity contribution >= 4 is 49.7 Å². The van der Waals surface area contributed by atoms with E-state index < -0.39 is 21.1 Å². The van der Waals surface area contributed by atoms with Crippen molar-refractivity contribution < 1.29 is 17.9 Å². The minimum atomic E-state index is -3.07. The molecule has 0 aliphatic heterocycles. The second-order valence-electron chi connectivity index (χ2n) is 7.77. The lowest BCUT2D eigenvalue weighted by Crippen LogP contribution is -2.18. The van der Waals surface area contributed by atoms with Crippen molar-refractivity contribution in [3.05, 3.63) is 83.0 Å². The summed E-state index contributed by atoms with van der Waals surface area (Å²) in [6, 6.07) is 13.0. The number of sulfone groups is 1. The molecular weight excluding hydrogens is 448 g/mol. The highest BCUT2D eigenvalue weighted by atomic mass is 35.5. The lowest BCUT2D eigenvalue weighted by molar-refractivity contribution is 0.0602. The number of nitrogens with one attached hydrogen (secondary N) is 1. The molecule has 0 radical (unpaired) electrons. The average molecular weight is 471 g/mol. The molecule has 1 aliphatic rings. The molecule has 8 heteroatoms. The molecule has 1 unspecified atom stereocenters. The molecule has 1 N–H and O–H groups in total. The first kappa shape index (κ1) is 22.2. The van der Waals surface area contributed by atoms with Crippen LogP contribution in [-0.2, 0) is 21.1 Å². The van der Waals surface area contributed by atoms with Crippen LogP contribution in [0.4, 0.5) is 11.4 Å². The minimum Gasteiger partial charge on any atom is -0.465 e. The molecule has 1 aliphatic carbocycles. The van der Waals surface area contributed by atoms with Gasteiger partial charge in [-0.1, -0.05) is 29.8 Å². The predicted octanol–water partition coefficient (Wildman–Crippen LogP) is 5.12. The standard InChI is InChI=1S/C24H23ClN2O4S/c1-31-24(28)21-14-18(25)5-9-22(21)26-19-6-10-23-17(13-19)11-12-27(23)15-16-3-7-20(8-4-16)32(2,29)30/h3-7,9-14,20,26H,8,15H2,1-2H3. The van der Waals surface area contributed by atoms with Crippen LogP contribution >= 0.6 is 11.6 Å². The number of esters is 1. The van der Waals surface area contributed by atoms with Crippen LogP contribution in [0.1, 0.15) is 16.8 Å². The molecule has 0 amide bonds. The Kier molecular flexibility index (Phi) is 6.13. The number of carbonyl (C=O) groups is 1. The molecule has 32 heavy (non-hydrogen) atoms. The van der Waals surface area contributed by atoms with Crippen LogP contribution < -0.4 is 5.32 Å². The van der Waals surface area contributed by atoms with Gasteiger partial charge in [0.25, 0.3) is 0 Å². The predicted molar refractivity (Wildman–Crippen MR) is 128 cm³/mol. The Hall–Kier alpha value is -3.03. The highest BCUT2D eigenvalue weighted by Gasteiger charge is 2.19. The van der Waals surface area contributed by atoms with Crippen molar-refractivity contribution in [2.24, 2.45) is 0 Å². The van der Waals surface area contributed by atoms with Crippen LogP contribution in [0.15, 0.2) is 72.5 Å². The molecule has 1 aromatic heterocycles. The zero-order valence-electron chi connectivity index (χ0n) is 17.7. The molecule has 0 spiro atoms. The van der Waals surface area contributed by atoms with Gasteiger partial charge in [0.15, 0.2) is 9.84 Å². The maximum atomic E-state index is 12.1. The molecule has 2 aromatic carbocycles. The van der Waals surface area contributed by atoms with Gasteiger partial charge in [0.05, 0.1) is 23.6 Å². The van der Waals surface area contributed by atoms with E-state index in [4.69, 9.17) is 16.3 Å². The fraction of sp³-hybridized carbons (Fsp3) is 0.208. The van der Waals surface area contributed by atoms with Crippen molar-refractivity contribution in [2.45, 2.75) is 18.2 Å². The second kappa shape index (κ2) is 8.84. The van der Waals surface area contributed by atoms with Crippen molar-refractivity contribution in [2.75, 3.05) is 18.7 Å². The van der Waals surface area contributed by atoms with Gasteiger partial charge in [-0.2, -0.15) is 0 Å². The summed E-state index contributed by atoms with van der Waals surface area (Å²) in [7, 11) is -1.74. The Bertz CT molecular complexity index is 1360. The summed E-state index contributed by atoms with van der Waals surface area (Å²) < 4.78 is 30.4. The van der Waals surface area contributed by atoms with Crippen LogP contribution in [0.5, 0.6) is 0 Å². The molecule has 0 bridgehead atoms. The van der Waals surface area contributed by atoms with Crippen LogP contribution in [0.3, 0.4) is 0 Å². The van der Waals surface area contributed by atoms with E-state index in [2.05, 4.69) is 9.88 Å². The van der Waals surface area contributed by atoms with Crippen molar-refractivity contribution in [3.8, 4) is 0 Å². The molecule has 4 rings (SSSR count). The van der Waals surface area contributed by atoms with Gasteiger partial charge in [-0.25, -0.2) is 13.2 Å². The molecule has 6 nitrogen and oxygen atoms in total. The summed E-state index contributed by atoms with van der Waals surface area (Å²) in [5.41, 5.74) is 3.93. The van der Waals surface area contributed by atoms with E-state index in [1.165, 1.54) is 13.4 Å². The quantitative estimate of drug-likeness (QED) is 0.505. The first-order chi connectivity index (χ1) is 15.2. The van der Waals surface area contributed by atoms with Gasteiger partial charge in [-0.15, -0.1) is 0 Å². The average Bonchev–Trinajstić information content (AvgIpc) is 3.16. The van der Waals surface area contributed by atoms with E-state index in [1.807, 2.05) is 42.6 Å². The lowest BCUT2D eigenvalue weighted by atomic mass is 10.1. The fourth-order valence-electron chi connectivity index (χ4n) is 3.75. The monoisotopic (exact) mass is 470 g/mol. The number of carbonyl (C=O) groups excluding carboxylic acids is 1. The first-order valence-electron chi connectivity index (χ1n) is 10.0. The molecule has 3 aromatic rings. The zero-order chi connectivity index (χ0) is 22.9. The largest absolute Gasteiger partial charge is 0.465 e. The van der Waals surface area contributed by atoms with Gasteiger partial charge in [0.1, 0.15) is 0 Å². The number of anilines is 2. The molecule has 0 fully saturated rings. The van der Waals surface area contributed by atoms with Gasteiger partial charge in [-0.05, 0) is 54.5 Å². The summed E-state index contributed by atoms with van der Waals surface area (Å²) in [5, 5.41) is 4.32. The molecule has 166 valence electrons.